The van der Waals surface area contributed by atoms with Crippen LogP contribution in [0.3, 0.4) is 0 Å². The van der Waals surface area contributed by atoms with Crippen LogP contribution >= 0.6 is 0 Å². The van der Waals surface area contributed by atoms with Gasteiger partial charge in [0.05, 0.1) is 18.7 Å². The highest BCUT2D eigenvalue weighted by Gasteiger charge is 2.36. The predicted octanol–water partition coefficient (Wildman–Crippen LogP) is -0.635. The topological polar surface area (TPSA) is 72.9 Å². The lowest BCUT2D eigenvalue weighted by Gasteiger charge is -2.23. The molecule has 0 N–H and O–H groups in total. The minimum absolute atomic E-state index is 0.00579. The molecule has 2 rings (SSSR count). The molecular weight excluding hydrogens is 268 g/mol. The quantitative estimate of drug-likeness (QED) is 0.530. The normalized spacial score (nSPS) is 17.0. The van der Waals surface area contributed by atoms with Crippen LogP contribution in [-0.2, 0) is 18.9 Å². The first-order chi connectivity index (χ1) is 9.51. The number of halogens is 1. The number of hydrogen-bond acceptors (Lipinski definition) is 6. The van der Waals surface area contributed by atoms with Gasteiger partial charge in [-0.2, -0.15) is 0 Å². The van der Waals surface area contributed by atoms with E-state index >= 15 is 0 Å². The number of likely N-dealkylation sites (N-methyl/N-ethyl adjacent to an activating group) is 1. The molecule has 0 amide bonds. The summed E-state index contributed by atoms with van der Waals surface area (Å²) in [4.78, 5) is 35.5. The zero-order chi connectivity index (χ0) is 14.7. The molecule has 8 heteroatoms. The van der Waals surface area contributed by atoms with Crippen molar-refractivity contribution in [2.24, 2.45) is 0 Å². The Morgan fingerprint density at radius 1 is 1.25 bits per heavy atom. The van der Waals surface area contributed by atoms with Crippen molar-refractivity contribution in [1.29, 1.82) is 0 Å². The van der Waals surface area contributed by atoms with Gasteiger partial charge >= 0.3 is 19.1 Å². The highest BCUT2D eigenvalue weighted by molar-refractivity contribution is 6.65. The zero-order valence-electron chi connectivity index (χ0n) is 10.7. The van der Waals surface area contributed by atoms with Crippen LogP contribution in [0.4, 0.5) is 4.39 Å². The van der Waals surface area contributed by atoms with Gasteiger partial charge in [0, 0.05) is 5.46 Å². The van der Waals surface area contributed by atoms with Gasteiger partial charge in [-0.1, -0.05) is 12.1 Å². The van der Waals surface area contributed by atoms with E-state index in [2.05, 4.69) is 0 Å². The fourth-order valence-corrected chi connectivity index (χ4v) is 1.84. The Bertz CT molecular complexity index is 545. The van der Waals surface area contributed by atoms with E-state index in [9.17, 15) is 18.8 Å². The first-order valence-electron chi connectivity index (χ1n) is 5.82. The van der Waals surface area contributed by atoms with E-state index in [4.69, 9.17) is 9.31 Å². The van der Waals surface area contributed by atoms with Gasteiger partial charge in [-0.3, -0.25) is 19.3 Å². The van der Waals surface area contributed by atoms with Gasteiger partial charge in [-0.25, -0.2) is 4.39 Å². The third-order valence-electron chi connectivity index (χ3n) is 2.73. The number of benzene rings is 1. The number of nitrogens with zero attached hydrogens (tertiary/aromatic N) is 1. The summed E-state index contributed by atoms with van der Waals surface area (Å²) in [7, 11) is 0.140. The molecular formula is C12H11BFNO5. The SMILES string of the molecule is CN1CC(=O)OB(c2cccc(F)c2C=O)OC(=O)C1. The fourth-order valence-electron chi connectivity index (χ4n) is 1.84. The molecule has 1 fully saturated rings. The lowest BCUT2D eigenvalue weighted by Crippen LogP contribution is -2.49. The molecule has 0 aliphatic carbocycles. The summed E-state index contributed by atoms with van der Waals surface area (Å²) in [6, 6.07) is 3.79. The average Bonchev–Trinajstić information content (AvgIpc) is 2.35. The Labute approximate surface area is 114 Å². The molecule has 0 unspecified atom stereocenters. The van der Waals surface area contributed by atoms with Crippen molar-refractivity contribution < 1.29 is 28.1 Å². The van der Waals surface area contributed by atoms with Gasteiger partial charge in [0.2, 0.25) is 0 Å². The fraction of sp³-hybridized carbons (Fsp3) is 0.250. The molecule has 1 aliphatic heterocycles. The van der Waals surface area contributed by atoms with Crippen molar-refractivity contribution in [3.8, 4) is 0 Å². The molecule has 1 aliphatic rings. The van der Waals surface area contributed by atoms with Crippen LogP contribution < -0.4 is 5.46 Å². The summed E-state index contributed by atoms with van der Waals surface area (Å²) in [5.74, 6) is -2.04. The summed E-state index contributed by atoms with van der Waals surface area (Å²) >= 11 is 0. The van der Waals surface area contributed by atoms with E-state index in [1.54, 1.807) is 7.05 Å². The minimum atomic E-state index is -1.42. The predicted molar refractivity (Wildman–Crippen MR) is 66.9 cm³/mol. The Morgan fingerprint density at radius 3 is 2.40 bits per heavy atom. The maximum atomic E-state index is 13.5. The third kappa shape index (κ3) is 3.02. The molecule has 0 atom stereocenters. The maximum absolute atomic E-state index is 13.5. The number of hydrogen-bond donors (Lipinski definition) is 0. The molecule has 1 saturated heterocycles. The maximum Gasteiger partial charge on any atom is 0.637 e. The van der Waals surface area contributed by atoms with Gasteiger partial charge < -0.3 is 9.31 Å². The van der Waals surface area contributed by atoms with E-state index in [1.165, 1.54) is 17.0 Å². The van der Waals surface area contributed by atoms with Crippen molar-refractivity contribution in [3.63, 3.8) is 0 Å². The lowest BCUT2D eigenvalue weighted by atomic mass is 9.75. The number of rotatable bonds is 2. The third-order valence-corrected chi connectivity index (χ3v) is 2.73. The van der Waals surface area contributed by atoms with Gasteiger partial charge in [0.1, 0.15) is 5.82 Å². The Kier molecular flexibility index (Phi) is 4.14. The van der Waals surface area contributed by atoms with E-state index in [0.717, 1.165) is 6.07 Å². The molecule has 1 aromatic rings. The van der Waals surface area contributed by atoms with E-state index < -0.39 is 24.9 Å². The van der Waals surface area contributed by atoms with Crippen LogP contribution in [-0.4, -0.2) is 50.4 Å². The smallest absolute Gasteiger partial charge is 0.494 e. The lowest BCUT2D eigenvalue weighted by molar-refractivity contribution is -0.145. The van der Waals surface area contributed by atoms with E-state index in [1.807, 2.05) is 0 Å². The van der Waals surface area contributed by atoms with Gasteiger partial charge in [-0.05, 0) is 13.1 Å². The second-order valence-corrected chi connectivity index (χ2v) is 4.34. The number of carbonyl (C=O) groups excluding carboxylic acids is 3. The molecule has 0 saturated carbocycles. The molecule has 6 nitrogen and oxygen atoms in total. The Hall–Kier alpha value is -2.22. The first kappa shape index (κ1) is 14.2. The largest absolute Gasteiger partial charge is 0.637 e. The molecule has 1 aromatic carbocycles. The van der Waals surface area contributed by atoms with Gasteiger partial charge in [0.25, 0.3) is 0 Å². The van der Waals surface area contributed by atoms with Crippen molar-refractivity contribution in [1.82, 2.24) is 4.90 Å². The summed E-state index contributed by atoms with van der Waals surface area (Å²) < 4.78 is 23.5. The Morgan fingerprint density at radius 2 is 1.85 bits per heavy atom. The monoisotopic (exact) mass is 279 g/mol. The second kappa shape index (κ2) is 5.83. The van der Waals surface area contributed by atoms with Crippen LogP contribution in [0.25, 0.3) is 0 Å². The first-order valence-corrected chi connectivity index (χ1v) is 5.82. The van der Waals surface area contributed by atoms with E-state index in [0.29, 0.717) is 0 Å². The number of aldehydes is 1. The Balaban J connectivity index is 2.35. The van der Waals surface area contributed by atoms with Crippen molar-refractivity contribution in [2.45, 2.75) is 0 Å². The van der Waals surface area contributed by atoms with Crippen molar-refractivity contribution >= 4 is 30.8 Å². The average molecular weight is 279 g/mol. The molecule has 0 spiro atoms. The van der Waals surface area contributed by atoms with Crippen molar-refractivity contribution in [3.05, 3.63) is 29.6 Å². The van der Waals surface area contributed by atoms with Crippen molar-refractivity contribution in [2.75, 3.05) is 20.1 Å². The summed E-state index contributed by atoms with van der Waals surface area (Å²) in [6.45, 7) is -0.200. The van der Waals surface area contributed by atoms with Gasteiger partial charge in [-0.15, -0.1) is 0 Å². The van der Waals surface area contributed by atoms with Crippen LogP contribution in [0.5, 0.6) is 0 Å². The molecule has 20 heavy (non-hydrogen) atoms. The molecule has 0 aromatic heterocycles. The summed E-state index contributed by atoms with van der Waals surface area (Å²) in [5, 5.41) is 0. The van der Waals surface area contributed by atoms with Crippen LogP contribution in [0.1, 0.15) is 10.4 Å². The van der Waals surface area contributed by atoms with Crippen LogP contribution in [0.2, 0.25) is 0 Å². The molecule has 0 radical (unpaired) electrons. The van der Waals surface area contributed by atoms with Gasteiger partial charge in [0.15, 0.2) is 6.29 Å². The highest BCUT2D eigenvalue weighted by Crippen LogP contribution is 2.07. The molecule has 1 heterocycles. The van der Waals surface area contributed by atoms with E-state index in [-0.39, 0.29) is 30.4 Å². The highest BCUT2D eigenvalue weighted by atomic mass is 19.1. The molecule has 0 bridgehead atoms. The minimum Gasteiger partial charge on any atom is -0.494 e. The molecule has 104 valence electrons. The standard InChI is InChI=1S/C12H11BFNO5/c1-15-5-11(17)19-13(20-12(18)6-15)9-3-2-4-10(14)8(9)7-16/h2-4,7H,5-6H2,1H3. The van der Waals surface area contributed by atoms with Crippen LogP contribution in [0, 0.1) is 5.82 Å². The number of carbonyl (C=O) groups is 3. The second-order valence-electron chi connectivity index (χ2n) is 4.34. The zero-order valence-corrected chi connectivity index (χ0v) is 10.7. The van der Waals surface area contributed by atoms with Crippen LogP contribution in [0.15, 0.2) is 18.2 Å². The summed E-state index contributed by atoms with van der Waals surface area (Å²) in [6.07, 6.45) is 0.289. The summed E-state index contributed by atoms with van der Waals surface area (Å²) in [5.41, 5.74) is -0.293.